The average molecular weight is 408 g/mol. The average Bonchev–Trinajstić information content (AvgIpc) is 2.66. The molecule has 7 heteroatoms. The van der Waals surface area contributed by atoms with E-state index < -0.39 is 5.82 Å². The molecule has 0 radical (unpaired) electrons. The molecule has 1 aliphatic rings. The molecule has 1 heterocycles. The maximum atomic E-state index is 13.3. The molecule has 0 unspecified atom stereocenters. The normalized spacial score (nSPS) is 17.1. The van der Waals surface area contributed by atoms with Crippen molar-refractivity contribution >= 4 is 34.6 Å². The lowest BCUT2D eigenvalue weighted by atomic mass is 9.98. The number of anilines is 1. The maximum Gasteiger partial charge on any atom is 0.171 e. The molecule has 4 nitrogen and oxygen atoms in total. The van der Waals surface area contributed by atoms with Crippen molar-refractivity contribution in [2.45, 2.75) is 19.0 Å². The number of morpholine rings is 1. The van der Waals surface area contributed by atoms with Crippen molar-refractivity contribution in [3.63, 3.8) is 0 Å². The lowest BCUT2D eigenvalue weighted by Crippen LogP contribution is -2.49. The largest absolute Gasteiger partial charge is 0.379 e. The van der Waals surface area contributed by atoms with Crippen molar-refractivity contribution in [2.75, 3.05) is 31.6 Å². The van der Waals surface area contributed by atoms with Gasteiger partial charge in [0.15, 0.2) is 5.11 Å². The van der Waals surface area contributed by atoms with Gasteiger partial charge in [-0.15, -0.1) is 0 Å². The second-order valence-electron chi connectivity index (χ2n) is 6.52. The highest BCUT2D eigenvalue weighted by molar-refractivity contribution is 7.80. The number of ether oxygens (including phenoxy) is 1. The summed E-state index contributed by atoms with van der Waals surface area (Å²) in [4.78, 5) is 2.41. The molecule has 0 amide bonds. The van der Waals surface area contributed by atoms with Gasteiger partial charge >= 0.3 is 0 Å². The van der Waals surface area contributed by atoms with Crippen LogP contribution in [0.15, 0.2) is 48.5 Å². The fourth-order valence-electron chi connectivity index (χ4n) is 3.35. The smallest absolute Gasteiger partial charge is 0.171 e. The fourth-order valence-corrected chi connectivity index (χ4v) is 3.83. The van der Waals surface area contributed by atoms with Gasteiger partial charge in [-0.05, 0) is 42.9 Å². The second kappa shape index (κ2) is 9.46. The van der Waals surface area contributed by atoms with Gasteiger partial charge < -0.3 is 15.4 Å². The lowest BCUT2D eigenvalue weighted by Gasteiger charge is -2.38. The van der Waals surface area contributed by atoms with Gasteiger partial charge in [-0.3, -0.25) is 4.90 Å². The zero-order valence-corrected chi connectivity index (χ0v) is 16.7. The van der Waals surface area contributed by atoms with Crippen molar-refractivity contribution in [1.82, 2.24) is 10.2 Å². The summed E-state index contributed by atoms with van der Waals surface area (Å²) in [5.74, 6) is -0.453. The quantitative estimate of drug-likeness (QED) is 0.725. The highest BCUT2D eigenvalue weighted by Crippen LogP contribution is 2.26. The SMILES string of the molecule is C[C@H](NC(=S)Nc1ccc(F)c(Cl)c1)[C@H](c1ccccc1)N1CCOCC1. The van der Waals surface area contributed by atoms with Crippen molar-refractivity contribution in [3.05, 3.63) is 64.9 Å². The summed E-state index contributed by atoms with van der Waals surface area (Å²) in [6, 6.07) is 15.0. The summed E-state index contributed by atoms with van der Waals surface area (Å²) in [7, 11) is 0. The van der Waals surface area contributed by atoms with Gasteiger partial charge in [0.25, 0.3) is 0 Å². The minimum atomic E-state index is -0.453. The molecule has 1 fully saturated rings. The van der Waals surface area contributed by atoms with Crippen LogP contribution in [0.2, 0.25) is 5.02 Å². The molecule has 3 rings (SSSR count). The Morgan fingerprint density at radius 1 is 1.19 bits per heavy atom. The molecule has 2 aromatic rings. The van der Waals surface area contributed by atoms with Gasteiger partial charge in [-0.25, -0.2) is 4.39 Å². The molecule has 2 aromatic carbocycles. The van der Waals surface area contributed by atoms with Crippen molar-refractivity contribution < 1.29 is 9.13 Å². The molecule has 0 aliphatic carbocycles. The Kier molecular flexibility index (Phi) is 7.01. The van der Waals surface area contributed by atoms with Crippen molar-refractivity contribution in [1.29, 1.82) is 0 Å². The van der Waals surface area contributed by atoms with E-state index in [4.69, 9.17) is 28.6 Å². The third-order valence-electron chi connectivity index (χ3n) is 4.59. The molecule has 1 saturated heterocycles. The van der Waals surface area contributed by atoms with Crippen LogP contribution in [0.4, 0.5) is 10.1 Å². The van der Waals surface area contributed by atoms with Gasteiger partial charge in [0.1, 0.15) is 5.82 Å². The van der Waals surface area contributed by atoms with Gasteiger partial charge in [-0.1, -0.05) is 41.9 Å². The maximum absolute atomic E-state index is 13.3. The van der Waals surface area contributed by atoms with E-state index in [2.05, 4.69) is 34.6 Å². The molecule has 27 heavy (non-hydrogen) atoms. The number of thiocarbonyl (C=S) groups is 1. The van der Waals surface area contributed by atoms with E-state index in [0.717, 1.165) is 26.3 Å². The predicted octanol–water partition coefficient (Wildman–Crippen LogP) is 4.23. The summed E-state index contributed by atoms with van der Waals surface area (Å²) >= 11 is 11.3. The molecule has 2 N–H and O–H groups in total. The number of benzene rings is 2. The number of rotatable bonds is 5. The molecule has 0 spiro atoms. The Morgan fingerprint density at radius 2 is 1.89 bits per heavy atom. The van der Waals surface area contributed by atoms with Crippen LogP contribution in [0.5, 0.6) is 0 Å². The Labute approximate surface area is 169 Å². The molecule has 0 aromatic heterocycles. The van der Waals surface area contributed by atoms with Crippen molar-refractivity contribution in [2.24, 2.45) is 0 Å². The third-order valence-corrected chi connectivity index (χ3v) is 5.10. The Hall–Kier alpha value is -1.73. The van der Waals surface area contributed by atoms with E-state index in [-0.39, 0.29) is 17.1 Å². The molecular weight excluding hydrogens is 385 g/mol. The summed E-state index contributed by atoms with van der Waals surface area (Å²) in [5.41, 5.74) is 1.88. The minimum absolute atomic E-state index is 0.0569. The number of hydrogen-bond acceptors (Lipinski definition) is 3. The van der Waals surface area contributed by atoms with E-state index >= 15 is 0 Å². The highest BCUT2D eigenvalue weighted by atomic mass is 35.5. The fraction of sp³-hybridized carbons (Fsp3) is 0.350. The van der Waals surface area contributed by atoms with Crippen LogP contribution in [0.1, 0.15) is 18.5 Å². The van der Waals surface area contributed by atoms with Crippen LogP contribution < -0.4 is 10.6 Å². The number of hydrogen-bond donors (Lipinski definition) is 2. The van der Waals surface area contributed by atoms with Crippen LogP contribution in [-0.2, 0) is 4.74 Å². The highest BCUT2D eigenvalue weighted by Gasteiger charge is 2.28. The van der Waals surface area contributed by atoms with Gasteiger partial charge in [0, 0.05) is 24.8 Å². The first-order chi connectivity index (χ1) is 13.0. The van der Waals surface area contributed by atoms with Crippen LogP contribution >= 0.6 is 23.8 Å². The van der Waals surface area contributed by atoms with Gasteiger partial charge in [0.05, 0.1) is 24.3 Å². The second-order valence-corrected chi connectivity index (χ2v) is 7.34. The zero-order chi connectivity index (χ0) is 19.2. The monoisotopic (exact) mass is 407 g/mol. The van der Waals surface area contributed by atoms with Crippen LogP contribution in [0.3, 0.4) is 0 Å². The van der Waals surface area contributed by atoms with Crippen LogP contribution in [0.25, 0.3) is 0 Å². The van der Waals surface area contributed by atoms with Gasteiger partial charge in [0.2, 0.25) is 0 Å². The summed E-state index contributed by atoms with van der Waals surface area (Å²) in [6.45, 7) is 5.32. The lowest BCUT2D eigenvalue weighted by molar-refractivity contribution is 0.0102. The number of nitrogens with one attached hydrogen (secondary N) is 2. The van der Waals surface area contributed by atoms with E-state index in [1.165, 1.54) is 17.7 Å². The third kappa shape index (κ3) is 5.39. The predicted molar refractivity (Wildman–Crippen MR) is 112 cm³/mol. The summed E-state index contributed by atoms with van der Waals surface area (Å²) < 4.78 is 18.8. The van der Waals surface area contributed by atoms with Crippen LogP contribution in [-0.4, -0.2) is 42.4 Å². The van der Waals surface area contributed by atoms with E-state index in [9.17, 15) is 4.39 Å². The first-order valence-electron chi connectivity index (χ1n) is 8.94. The minimum Gasteiger partial charge on any atom is -0.379 e. The molecule has 1 aliphatic heterocycles. The van der Waals surface area contributed by atoms with Crippen molar-refractivity contribution in [3.8, 4) is 0 Å². The van der Waals surface area contributed by atoms with E-state index in [0.29, 0.717) is 10.8 Å². The van der Waals surface area contributed by atoms with Gasteiger partial charge in [-0.2, -0.15) is 0 Å². The molecule has 144 valence electrons. The molecule has 0 bridgehead atoms. The Balaban J connectivity index is 1.70. The topological polar surface area (TPSA) is 36.5 Å². The summed E-state index contributed by atoms with van der Waals surface area (Å²) in [5, 5.41) is 6.97. The molecular formula is C20H23ClFN3OS. The first kappa shape index (κ1) is 20.0. The van der Waals surface area contributed by atoms with Crippen LogP contribution in [0, 0.1) is 5.82 Å². The summed E-state index contributed by atoms with van der Waals surface area (Å²) in [6.07, 6.45) is 0. The number of halogens is 2. The van der Waals surface area contributed by atoms with E-state index in [1.54, 1.807) is 6.07 Å². The Morgan fingerprint density at radius 3 is 2.56 bits per heavy atom. The first-order valence-corrected chi connectivity index (χ1v) is 9.72. The van der Waals surface area contributed by atoms with E-state index in [1.807, 2.05) is 18.2 Å². The standard InChI is InChI=1S/C20H23ClFN3OS/c1-14(23-20(27)24-16-7-8-18(22)17(21)13-16)19(15-5-3-2-4-6-15)25-9-11-26-12-10-25/h2-8,13-14,19H,9-12H2,1H3,(H2,23,24,27)/t14-,19+/m0/s1. The molecule has 0 saturated carbocycles. The number of nitrogens with zero attached hydrogens (tertiary/aromatic N) is 1. The molecule has 2 atom stereocenters. The zero-order valence-electron chi connectivity index (χ0n) is 15.1. The Bertz CT molecular complexity index is 771.